The average Bonchev–Trinajstić information content (AvgIpc) is 2.72. The fourth-order valence-electron chi connectivity index (χ4n) is 2.96. The van der Waals surface area contributed by atoms with Gasteiger partial charge < -0.3 is 15.4 Å². The first-order valence-electron chi connectivity index (χ1n) is 8.64. The number of halogens is 2. The van der Waals surface area contributed by atoms with Crippen molar-refractivity contribution < 1.29 is 9.53 Å². The minimum absolute atomic E-state index is 0.170. The summed E-state index contributed by atoms with van der Waals surface area (Å²) in [6, 6.07) is 0.233. The van der Waals surface area contributed by atoms with Crippen LogP contribution >= 0.6 is 23.2 Å². The van der Waals surface area contributed by atoms with Crippen LogP contribution in [0.25, 0.3) is 0 Å². The standard InChI is InChI=1S/C17H26Cl2N4O2/c1-17(2,3)25-16(24)21-9-11-6-4-5-7-12(8-11)22-14-13(18)10-20-15(19)23-14/h10-12H,4-9H2,1-3H3,(H,21,24)(H,20,22,23). The van der Waals surface area contributed by atoms with Crippen molar-refractivity contribution in [1.29, 1.82) is 0 Å². The number of ether oxygens (including phenoxy) is 1. The van der Waals surface area contributed by atoms with Gasteiger partial charge in [-0.15, -0.1) is 0 Å². The molecule has 0 radical (unpaired) electrons. The van der Waals surface area contributed by atoms with Crippen molar-refractivity contribution in [2.45, 2.75) is 64.5 Å². The molecule has 1 aromatic heterocycles. The highest BCUT2D eigenvalue weighted by atomic mass is 35.5. The van der Waals surface area contributed by atoms with Crippen molar-refractivity contribution in [3.8, 4) is 0 Å². The van der Waals surface area contributed by atoms with Crippen LogP contribution in [-0.2, 0) is 4.74 Å². The molecular formula is C17H26Cl2N4O2. The third kappa shape index (κ3) is 7.24. The molecule has 2 unspecified atom stereocenters. The summed E-state index contributed by atoms with van der Waals surface area (Å²) < 4.78 is 5.30. The van der Waals surface area contributed by atoms with Gasteiger partial charge in [-0.25, -0.2) is 9.78 Å². The molecule has 2 rings (SSSR count). The second kappa shape index (κ2) is 8.90. The van der Waals surface area contributed by atoms with E-state index in [1.165, 1.54) is 6.20 Å². The molecule has 0 bridgehead atoms. The molecule has 1 aliphatic rings. The molecule has 0 aromatic carbocycles. The second-order valence-electron chi connectivity index (χ2n) is 7.45. The van der Waals surface area contributed by atoms with Gasteiger partial charge in [0.1, 0.15) is 16.4 Å². The Hall–Kier alpha value is -1.27. The van der Waals surface area contributed by atoms with Crippen molar-refractivity contribution in [3.63, 3.8) is 0 Å². The monoisotopic (exact) mass is 388 g/mol. The zero-order chi connectivity index (χ0) is 18.4. The third-order valence-corrected chi connectivity index (χ3v) is 4.48. The highest BCUT2D eigenvalue weighted by molar-refractivity contribution is 6.33. The molecule has 1 heterocycles. The summed E-state index contributed by atoms with van der Waals surface area (Å²) in [5.74, 6) is 0.941. The van der Waals surface area contributed by atoms with E-state index in [4.69, 9.17) is 27.9 Å². The molecule has 8 heteroatoms. The number of nitrogens with one attached hydrogen (secondary N) is 2. The summed E-state index contributed by atoms with van der Waals surface area (Å²) in [4.78, 5) is 19.9. The topological polar surface area (TPSA) is 76.1 Å². The number of carbonyl (C=O) groups is 1. The predicted octanol–water partition coefficient (Wildman–Crippen LogP) is 4.67. The molecule has 0 saturated heterocycles. The Kier molecular flexibility index (Phi) is 7.14. The van der Waals surface area contributed by atoms with Gasteiger partial charge in [-0.2, -0.15) is 4.98 Å². The van der Waals surface area contributed by atoms with E-state index < -0.39 is 5.60 Å². The van der Waals surface area contributed by atoms with E-state index in [2.05, 4.69) is 20.6 Å². The Morgan fingerprint density at radius 2 is 2.04 bits per heavy atom. The molecule has 1 aliphatic carbocycles. The molecule has 1 aromatic rings. The van der Waals surface area contributed by atoms with E-state index in [0.29, 0.717) is 23.3 Å². The molecule has 1 fully saturated rings. The molecule has 140 valence electrons. The van der Waals surface area contributed by atoms with Crippen LogP contribution in [0.2, 0.25) is 10.3 Å². The van der Waals surface area contributed by atoms with Gasteiger partial charge in [-0.3, -0.25) is 0 Å². The minimum Gasteiger partial charge on any atom is -0.444 e. The number of alkyl carbamates (subject to hydrolysis) is 1. The summed E-state index contributed by atoms with van der Waals surface area (Å²) in [7, 11) is 0. The van der Waals surface area contributed by atoms with E-state index in [0.717, 1.165) is 32.1 Å². The Balaban J connectivity index is 1.89. The Morgan fingerprint density at radius 1 is 1.32 bits per heavy atom. The van der Waals surface area contributed by atoms with E-state index in [1.54, 1.807) is 0 Å². The van der Waals surface area contributed by atoms with Crippen LogP contribution in [0, 0.1) is 5.92 Å². The SMILES string of the molecule is CC(C)(C)OC(=O)NCC1CCCCC(Nc2nc(Cl)ncc2Cl)C1. The van der Waals surface area contributed by atoms with Gasteiger partial charge in [0.15, 0.2) is 0 Å². The maximum absolute atomic E-state index is 11.8. The molecule has 1 saturated carbocycles. The van der Waals surface area contributed by atoms with Crippen molar-refractivity contribution in [2.75, 3.05) is 11.9 Å². The van der Waals surface area contributed by atoms with Crippen LogP contribution in [0.1, 0.15) is 52.9 Å². The fourth-order valence-corrected chi connectivity index (χ4v) is 3.24. The van der Waals surface area contributed by atoms with Gasteiger partial charge in [0.25, 0.3) is 0 Å². The zero-order valence-corrected chi connectivity index (χ0v) is 16.5. The summed E-state index contributed by atoms with van der Waals surface area (Å²) >= 11 is 12.0. The van der Waals surface area contributed by atoms with Crippen molar-refractivity contribution in [3.05, 3.63) is 16.5 Å². The van der Waals surface area contributed by atoms with Crippen LogP contribution in [0.4, 0.5) is 10.6 Å². The summed E-state index contributed by atoms with van der Waals surface area (Å²) in [5.41, 5.74) is -0.485. The number of hydrogen-bond acceptors (Lipinski definition) is 5. The smallest absolute Gasteiger partial charge is 0.407 e. The molecule has 0 spiro atoms. The van der Waals surface area contributed by atoms with Crippen LogP contribution in [-0.4, -0.2) is 34.2 Å². The van der Waals surface area contributed by atoms with Crippen molar-refractivity contribution in [2.24, 2.45) is 5.92 Å². The lowest BCUT2D eigenvalue weighted by Crippen LogP contribution is -2.36. The van der Waals surface area contributed by atoms with Gasteiger partial charge in [-0.05, 0) is 57.6 Å². The van der Waals surface area contributed by atoms with Gasteiger partial charge in [0.05, 0.1) is 6.20 Å². The summed E-state index contributed by atoms with van der Waals surface area (Å²) in [6.07, 6.45) is 6.42. The Bertz CT molecular complexity index is 593. The van der Waals surface area contributed by atoms with Crippen LogP contribution in [0.15, 0.2) is 6.20 Å². The highest BCUT2D eigenvalue weighted by Crippen LogP contribution is 2.27. The fraction of sp³-hybridized carbons (Fsp3) is 0.706. The number of aromatic nitrogens is 2. The molecule has 2 atom stereocenters. The average molecular weight is 389 g/mol. The van der Waals surface area contributed by atoms with E-state index in [9.17, 15) is 4.79 Å². The quantitative estimate of drug-likeness (QED) is 0.578. The molecule has 1 amide bonds. The van der Waals surface area contributed by atoms with E-state index in [-0.39, 0.29) is 17.4 Å². The largest absolute Gasteiger partial charge is 0.444 e. The van der Waals surface area contributed by atoms with Crippen molar-refractivity contribution >= 4 is 35.1 Å². The van der Waals surface area contributed by atoms with Gasteiger partial charge in [0.2, 0.25) is 5.28 Å². The summed E-state index contributed by atoms with van der Waals surface area (Å²) in [6.45, 7) is 6.17. The summed E-state index contributed by atoms with van der Waals surface area (Å²) in [5, 5.41) is 6.88. The zero-order valence-electron chi connectivity index (χ0n) is 14.9. The second-order valence-corrected chi connectivity index (χ2v) is 8.19. The van der Waals surface area contributed by atoms with E-state index in [1.807, 2.05) is 20.8 Å². The predicted molar refractivity (Wildman–Crippen MR) is 100 cm³/mol. The van der Waals surface area contributed by atoms with Crippen LogP contribution < -0.4 is 10.6 Å². The first kappa shape index (κ1) is 20.0. The molecule has 6 nitrogen and oxygen atoms in total. The number of rotatable bonds is 4. The van der Waals surface area contributed by atoms with Gasteiger partial charge in [0, 0.05) is 12.6 Å². The lowest BCUT2D eigenvalue weighted by Gasteiger charge is -2.24. The number of anilines is 1. The Labute approximate surface area is 159 Å². The number of carbonyl (C=O) groups excluding carboxylic acids is 1. The lowest BCUT2D eigenvalue weighted by molar-refractivity contribution is 0.0517. The molecular weight excluding hydrogens is 363 g/mol. The van der Waals surface area contributed by atoms with Crippen LogP contribution in [0.5, 0.6) is 0 Å². The van der Waals surface area contributed by atoms with Crippen LogP contribution in [0.3, 0.4) is 0 Å². The lowest BCUT2D eigenvalue weighted by atomic mass is 9.98. The maximum atomic E-state index is 11.8. The van der Waals surface area contributed by atoms with Gasteiger partial charge >= 0.3 is 6.09 Å². The normalized spacial score (nSPS) is 21.3. The number of hydrogen-bond donors (Lipinski definition) is 2. The number of nitrogens with zero attached hydrogens (tertiary/aromatic N) is 2. The maximum Gasteiger partial charge on any atom is 0.407 e. The molecule has 0 aliphatic heterocycles. The third-order valence-electron chi connectivity index (χ3n) is 4.02. The molecule has 2 N–H and O–H groups in total. The molecule has 25 heavy (non-hydrogen) atoms. The first-order chi connectivity index (χ1) is 11.7. The van der Waals surface area contributed by atoms with E-state index >= 15 is 0 Å². The Morgan fingerprint density at radius 3 is 2.76 bits per heavy atom. The minimum atomic E-state index is -0.485. The van der Waals surface area contributed by atoms with Gasteiger partial charge in [-0.1, -0.05) is 24.4 Å². The number of amides is 1. The van der Waals surface area contributed by atoms with Crippen molar-refractivity contribution in [1.82, 2.24) is 15.3 Å². The first-order valence-corrected chi connectivity index (χ1v) is 9.40. The highest BCUT2D eigenvalue weighted by Gasteiger charge is 2.23.